The van der Waals surface area contributed by atoms with Crippen molar-refractivity contribution in [2.75, 3.05) is 20.8 Å². The molecule has 0 aromatic carbocycles. The van der Waals surface area contributed by atoms with Gasteiger partial charge in [-0.1, -0.05) is 26.2 Å². The number of ether oxygens (including phenoxy) is 1. The van der Waals surface area contributed by atoms with Gasteiger partial charge in [0.05, 0.1) is 6.61 Å². The fraction of sp³-hybridized carbons (Fsp3) is 1.00. The van der Waals surface area contributed by atoms with Crippen LogP contribution in [-0.4, -0.2) is 26.8 Å². The molecule has 1 atom stereocenters. The van der Waals surface area contributed by atoms with E-state index in [1.54, 1.807) is 7.11 Å². The van der Waals surface area contributed by atoms with E-state index in [-0.39, 0.29) is 0 Å². The van der Waals surface area contributed by atoms with Crippen molar-refractivity contribution in [1.29, 1.82) is 0 Å². The number of hydrogen-bond donors (Lipinski definition) is 1. The molecule has 0 saturated carbocycles. The highest BCUT2D eigenvalue weighted by molar-refractivity contribution is 4.62. The Hall–Kier alpha value is -0.0800. The normalized spacial score (nSPS) is 13.4. The predicted molar refractivity (Wildman–Crippen MR) is 48.9 cm³/mol. The molecule has 2 nitrogen and oxygen atoms in total. The smallest absolute Gasteiger partial charge is 0.0615 e. The van der Waals surface area contributed by atoms with Crippen LogP contribution in [0, 0.1) is 0 Å². The second-order valence-electron chi connectivity index (χ2n) is 2.94. The van der Waals surface area contributed by atoms with Crippen molar-refractivity contribution in [2.24, 2.45) is 0 Å². The van der Waals surface area contributed by atoms with Gasteiger partial charge in [-0.05, 0) is 13.5 Å². The van der Waals surface area contributed by atoms with Gasteiger partial charge in [-0.2, -0.15) is 0 Å². The number of nitrogens with one attached hydrogen (secondary N) is 1. The van der Waals surface area contributed by atoms with Crippen LogP contribution in [0.3, 0.4) is 0 Å². The van der Waals surface area contributed by atoms with Crippen LogP contribution in [0.15, 0.2) is 0 Å². The summed E-state index contributed by atoms with van der Waals surface area (Å²) in [6, 6.07) is 0.548. The summed E-state index contributed by atoms with van der Waals surface area (Å²) in [5.41, 5.74) is 0. The quantitative estimate of drug-likeness (QED) is 0.572. The number of rotatable bonds is 7. The Morgan fingerprint density at radius 1 is 1.36 bits per heavy atom. The molecule has 1 N–H and O–H groups in total. The van der Waals surface area contributed by atoms with Crippen molar-refractivity contribution >= 4 is 0 Å². The lowest BCUT2D eigenvalue weighted by atomic mass is 10.1. The van der Waals surface area contributed by atoms with Gasteiger partial charge in [0.15, 0.2) is 0 Å². The first-order chi connectivity index (χ1) is 5.35. The molecule has 0 saturated heterocycles. The zero-order valence-corrected chi connectivity index (χ0v) is 8.02. The van der Waals surface area contributed by atoms with Gasteiger partial charge in [-0.15, -0.1) is 0 Å². The Labute approximate surface area is 70.3 Å². The first-order valence-electron chi connectivity index (χ1n) is 4.51. The minimum Gasteiger partial charge on any atom is -0.383 e. The third kappa shape index (κ3) is 6.32. The molecule has 0 aromatic heterocycles. The third-order valence-corrected chi connectivity index (χ3v) is 1.93. The molecule has 0 heterocycles. The molecule has 68 valence electrons. The fourth-order valence-electron chi connectivity index (χ4n) is 1.15. The van der Waals surface area contributed by atoms with Crippen LogP contribution in [0.2, 0.25) is 0 Å². The van der Waals surface area contributed by atoms with Crippen molar-refractivity contribution in [3.8, 4) is 0 Å². The molecule has 0 aliphatic carbocycles. The lowest BCUT2D eigenvalue weighted by Crippen LogP contribution is -2.29. The predicted octanol–water partition coefficient (Wildman–Crippen LogP) is 1.80. The topological polar surface area (TPSA) is 21.3 Å². The minimum absolute atomic E-state index is 0.548. The standard InChI is InChI=1S/C9H21NO/c1-4-5-6-7-9(10-2)8-11-3/h9-10H,4-8H2,1-3H3. The second-order valence-corrected chi connectivity index (χ2v) is 2.94. The molecule has 0 rings (SSSR count). The maximum atomic E-state index is 5.06. The van der Waals surface area contributed by atoms with Crippen LogP contribution < -0.4 is 5.32 Å². The van der Waals surface area contributed by atoms with E-state index in [1.807, 2.05) is 7.05 Å². The summed E-state index contributed by atoms with van der Waals surface area (Å²) >= 11 is 0. The van der Waals surface area contributed by atoms with Crippen molar-refractivity contribution < 1.29 is 4.74 Å². The summed E-state index contributed by atoms with van der Waals surface area (Å²) in [5.74, 6) is 0. The van der Waals surface area contributed by atoms with Crippen molar-refractivity contribution in [3.05, 3.63) is 0 Å². The first-order valence-corrected chi connectivity index (χ1v) is 4.51. The molecule has 0 radical (unpaired) electrons. The van der Waals surface area contributed by atoms with Gasteiger partial charge < -0.3 is 10.1 Å². The van der Waals surface area contributed by atoms with Gasteiger partial charge in [0.1, 0.15) is 0 Å². The van der Waals surface area contributed by atoms with Crippen LogP contribution in [0.5, 0.6) is 0 Å². The average molecular weight is 159 g/mol. The van der Waals surface area contributed by atoms with Crippen molar-refractivity contribution in [3.63, 3.8) is 0 Å². The van der Waals surface area contributed by atoms with E-state index in [9.17, 15) is 0 Å². The van der Waals surface area contributed by atoms with Crippen LogP contribution in [-0.2, 0) is 4.74 Å². The Morgan fingerprint density at radius 3 is 2.55 bits per heavy atom. The lowest BCUT2D eigenvalue weighted by Gasteiger charge is -2.13. The Kier molecular flexibility index (Phi) is 7.96. The molecule has 2 heteroatoms. The molecule has 0 aliphatic heterocycles. The van der Waals surface area contributed by atoms with Gasteiger partial charge >= 0.3 is 0 Å². The fourth-order valence-corrected chi connectivity index (χ4v) is 1.15. The van der Waals surface area contributed by atoms with E-state index in [0.29, 0.717) is 6.04 Å². The number of unbranched alkanes of at least 4 members (excludes halogenated alkanes) is 2. The molecule has 11 heavy (non-hydrogen) atoms. The van der Waals surface area contributed by atoms with Gasteiger partial charge in [0.2, 0.25) is 0 Å². The van der Waals surface area contributed by atoms with Crippen LogP contribution in [0.25, 0.3) is 0 Å². The van der Waals surface area contributed by atoms with Crippen LogP contribution in [0.4, 0.5) is 0 Å². The summed E-state index contributed by atoms with van der Waals surface area (Å²) in [7, 11) is 3.75. The SMILES string of the molecule is CCCCCC(COC)NC. The molecule has 0 spiro atoms. The van der Waals surface area contributed by atoms with E-state index < -0.39 is 0 Å². The zero-order valence-electron chi connectivity index (χ0n) is 8.02. The maximum absolute atomic E-state index is 5.06. The second kappa shape index (κ2) is 8.02. The highest BCUT2D eigenvalue weighted by atomic mass is 16.5. The highest BCUT2D eigenvalue weighted by Crippen LogP contribution is 2.02. The maximum Gasteiger partial charge on any atom is 0.0615 e. The molecular weight excluding hydrogens is 138 g/mol. The van der Waals surface area contributed by atoms with Crippen LogP contribution >= 0.6 is 0 Å². The third-order valence-electron chi connectivity index (χ3n) is 1.93. The van der Waals surface area contributed by atoms with Crippen molar-refractivity contribution in [1.82, 2.24) is 5.32 Å². The number of hydrogen-bond acceptors (Lipinski definition) is 2. The molecule has 1 unspecified atom stereocenters. The Balaban J connectivity index is 3.20. The van der Waals surface area contributed by atoms with Gasteiger partial charge in [-0.25, -0.2) is 0 Å². The highest BCUT2D eigenvalue weighted by Gasteiger charge is 2.03. The van der Waals surface area contributed by atoms with E-state index >= 15 is 0 Å². The van der Waals surface area contributed by atoms with E-state index in [0.717, 1.165) is 6.61 Å². The summed E-state index contributed by atoms with van der Waals surface area (Å²) in [4.78, 5) is 0. The summed E-state index contributed by atoms with van der Waals surface area (Å²) in [6.07, 6.45) is 5.18. The summed E-state index contributed by atoms with van der Waals surface area (Å²) in [5, 5.41) is 3.24. The van der Waals surface area contributed by atoms with E-state index in [4.69, 9.17) is 4.74 Å². The molecule has 0 aromatic rings. The van der Waals surface area contributed by atoms with Gasteiger partial charge in [-0.3, -0.25) is 0 Å². The molecular formula is C9H21NO. The lowest BCUT2D eigenvalue weighted by molar-refractivity contribution is 0.164. The average Bonchev–Trinajstić information content (AvgIpc) is 2.03. The number of methoxy groups -OCH3 is 1. The molecule has 0 aliphatic rings. The molecule has 0 amide bonds. The van der Waals surface area contributed by atoms with Crippen LogP contribution in [0.1, 0.15) is 32.6 Å². The van der Waals surface area contributed by atoms with E-state index in [2.05, 4.69) is 12.2 Å². The summed E-state index contributed by atoms with van der Waals surface area (Å²) < 4.78 is 5.06. The summed E-state index contributed by atoms with van der Waals surface area (Å²) in [6.45, 7) is 3.06. The molecule has 0 bridgehead atoms. The number of likely N-dealkylation sites (N-methyl/N-ethyl adjacent to an activating group) is 1. The Morgan fingerprint density at radius 2 is 2.09 bits per heavy atom. The zero-order chi connectivity index (χ0) is 8.53. The molecule has 0 fully saturated rings. The van der Waals surface area contributed by atoms with Gasteiger partial charge in [0, 0.05) is 13.2 Å². The van der Waals surface area contributed by atoms with E-state index in [1.165, 1.54) is 25.7 Å². The van der Waals surface area contributed by atoms with Gasteiger partial charge in [0.25, 0.3) is 0 Å². The van der Waals surface area contributed by atoms with Crippen molar-refractivity contribution in [2.45, 2.75) is 38.6 Å². The minimum atomic E-state index is 0.548. The Bertz CT molecular complexity index is 76.0. The first kappa shape index (κ1) is 10.9. The largest absolute Gasteiger partial charge is 0.383 e. The monoisotopic (exact) mass is 159 g/mol.